The summed E-state index contributed by atoms with van der Waals surface area (Å²) in [7, 11) is -2.41. The van der Waals surface area contributed by atoms with Gasteiger partial charge < -0.3 is 25.2 Å². The molecule has 0 bridgehead atoms. The maximum atomic E-state index is 13.4. The topological polar surface area (TPSA) is 154 Å². The van der Waals surface area contributed by atoms with Gasteiger partial charge in [-0.2, -0.15) is 0 Å². The number of carbonyl (C=O) groups is 1. The van der Waals surface area contributed by atoms with Crippen LogP contribution >= 0.6 is 0 Å². The molecule has 2 aromatic carbocycles. The first-order chi connectivity index (χ1) is 17.8. The molecule has 0 unspecified atom stereocenters. The number of likely N-dealkylation sites (tertiary alicyclic amines) is 1. The van der Waals surface area contributed by atoms with Crippen molar-refractivity contribution in [2.24, 2.45) is 0 Å². The average Bonchev–Trinajstić information content (AvgIpc) is 2.88. The van der Waals surface area contributed by atoms with E-state index in [1.807, 2.05) is 6.07 Å². The number of para-hydroxylation sites is 2. The minimum absolute atomic E-state index is 0.0109. The highest BCUT2D eigenvalue weighted by atomic mass is 32.2. The number of ether oxygens (including phenoxy) is 1. The van der Waals surface area contributed by atoms with E-state index in [1.54, 1.807) is 35.2 Å². The third-order valence-corrected chi connectivity index (χ3v) is 8.09. The van der Waals surface area contributed by atoms with Crippen molar-refractivity contribution in [3.8, 4) is 5.75 Å². The smallest absolute Gasteiger partial charge is 0.248 e. The minimum Gasteiger partial charge on any atom is -0.508 e. The maximum absolute atomic E-state index is 13.4. The highest BCUT2D eigenvalue weighted by Crippen LogP contribution is 2.31. The number of fused-ring (bicyclic) bond motifs is 1. The molecule has 0 saturated carbocycles. The first-order valence-electron chi connectivity index (χ1n) is 12.1. The molecule has 0 spiro atoms. The number of methoxy groups -OCH3 is 1. The number of benzene rings is 2. The lowest BCUT2D eigenvalue weighted by molar-refractivity contribution is -0.135. The van der Waals surface area contributed by atoms with Crippen LogP contribution in [0, 0.1) is 0 Å². The summed E-state index contributed by atoms with van der Waals surface area (Å²) in [6, 6.07) is 11.9. The molecule has 0 radical (unpaired) electrons. The third kappa shape index (κ3) is 6.45. The Morgan fingerprint density at radius 3 is 2.43 bits per heavy atom. The number of amides is 1. The number of aromatic nitrogens is 2. The van der Waals surface area contributed by atoms with Gasteiger partial charge in [0.1, 0.15) is 12.4 Å². The van der Waals surface area contributed by atoms with Crippen LogP contribution in [0.2, 0.25) is 0 Å². The molecule has 4 N–H and O–H groups in total. The Morgan fingerprint density at radius 2 is 1.78 bits per heavy atom. The number of piperidine rings is 1. The van der Waals surface area contributed by atoms with Crippen LogP contribution in [0.25, 0.3) is 11.0 Å². The van der Waals surface area contributed by atoms with E-state index in [0.29, 0.717) is 42.7 Å². The lowest BCUT2D eigenvalue weighted by Crippen LogP contribution is -2.45. The van der Waals surface area contributed by atoms with Gasteiger partial charge >= 0.3 is 0 Å². The SMILES string of the molecule is COCC(=O)N1CCC(S(=O)(=O)Nc2nc3ccccc3nc2Nc2cc(O)ccc2CCCO)CC1. The predicted molar refractivity (Wildman–Crippen MR) is 140 cm³/mol. The normalized spacial score (nSPS) is 14.6. The van der Waals surface area contributed by atoms with Crippen molar-refractivity contribution in [1.82, 2.24) is 14.9 Å². The summed E-state index contributed by atoms with van der Waals surface area (Å²) in [5, 5.41) is 21.7. The molecule has 1 aliphatic heterocycles. The Hall–Kier alpha value is -3.48. The molecule has 1 aliphatic rings. The van der Waals surface area contributed by atoms with Crippen LogP contribution < -0.4 is 10.0 Å². The van der Waals surface area contributed by atoms with Crippen molar-refractivity contribution in [2.75, 3.05) is 43.5 Å². The Balaban J connectivity index is 1.62. The van der Waals surface area contributed by atoms with Gasteiger partial charge in [-0.3, -0.25) is 9.52 Å². The molecule has 2 heterocycles. The van der Waals surface area contributed by atoms with Crippen LogP contribution in [0.4, 0.5) is 17.3 Å². The van der Waals surface area contributed by atoms with Crippen molar-refractivity contribution in [3.63, 3.8) is 0 Å². The summed E-state index contributed by atoms with van der Waals surface area (Å²) in [4.78, 5) is 22.8. The third-order valence-electron chi connectivity index (χ3n) is 6.26. The van der Waals surface area contributed by atoms with Crippen molar-refractivity contribution in [1.29, 1.82) is 0 Å². The van der Waals surface area contributed by atoms with Crippen LogP contribution in [0.5, 0.6) is 5.75 Å². The van der Waals surface area contributed by atoms with E-state index in [4.69, 9.17) is 4.74 Å². The largest absolute Gasteiger partial charge is 0.508 e. The van der Waals surface area contributed by atoms with Gasteiger partial charge in [0, 0.05) is 38.6 Å². The molecular weight excluding hydrogens is 498 g/mol. The number of hydrogen-bond acceptors (Lipinski definition) is 9. The van der Waals surface area contributed by atoms with Gasteiger partial charge in [-0.1, -0.05) is 18.2 Å². The highest BCUT2D eigenvalue weighted by Gasteiger charge is 2.32. The van der Waals surface area contributed by atoms with Crippen LogP contribution in [-0.4, -0.2) is 78.1 Å². The summed E-state index contributed by atoms with van der Waals surface area (Å²) >= 11 is 0. The molecule has 12 heteroatoms. The van der Waals surface area contributed by atoms with E-state index in [9.17, 15) is 23.4 Å². The standard InChI is InChI=1S/C25H31N5O6S/c1-36-16-23(33)30-12-10-19(11-13-30)37(34,35)29-25-24(26-20-6-2-3-7-21(20)27-25)28-22-15-18(32)9-8-17(22)5-4-14-31/h2-3,6-9,15,19,31-32H,4-5,10-14,16H2,1H3,(H,26,28)(H,27,29). The van der Waals surface area contributed by atoms with Crippen molar-refractivity contribution >= 4 is 44.3 Å². The van der Waals surface area contributed by atoms with Crippen LogP contribution in [0.15, 0.2) is 42.5 Å². The molecule has 1 aromatic heterocycles. The van der Waals surface area contributed by atoms with Gasteiger partial charge in [-0.25, -0.2) is 18.4 Å². The summed E-state index contributed by atoms with van der Waals surface area (Å²) in [5.41, 5.74) is 2.43. The summed E-state index contributed by atoms with van der Waals surface area (Å²) in [6.45, 7) is 0.614. The molecule has 37 heavy (non-hydrogen) atoms. The number of carbonyl (C=O) groups excluding carboxylic acids is 1. The molecule has 1 amide bonds. The Morgan fingerprint density at radius 1 is 1.11 bits per heavy atom. The molecule has 198 valence electrons. The van der Waals surface area contributed by atoms with Gasteiger partial charge in [0.05, 0.1) is 16.3 Å². The zero-order valence-corrected chi connectivity index (χ0v) is 21.4. The Kier molecular flexibility index (Phi) is 8.41. The number of aliphatic hydroxyl groups excluding tert-OH is 1. The zero-order chi connectivity index (χ0) is 26.4. The van der Waals surface area contributed by atoms with Crippen LogP contribution in [0.3, 0.4) is 0 Å². The summed E-state index contributed by atoms with van der Waals surface area (Å²) in [6.07, 6.45) is 1.63. The van der Waals surface area contributed by atoms with Gasteiger partial charge in [-0.05, 0) is 49.4 Å². The average molecular weight is 530 g/mol. The number of phenols is 1. The first kappa shape index (κ1) is 26.6. The first-order valence-corrected chi connectivity index (χ1v) is 13.6. The number of sulfonamides is 1. The molecular formula is C25H31N5O6S. The Labute approximate surface area is 215 Å². The van der Waals surface area contributed by atoms with E-state index in [1.165, 1.54) is 13.2 Å². The van der Waals surface area contributed by atoms with Gasteiger partial charge in [-0.15, -0.1) is 0 Å². The fourth-order valence-corrected chi connectivity index (χ4v) is 5.71. The van der Waals surface area contributed by atoms with Crippen LogP contribution in [-0.2, 0) is 26.0 Å². The number of nitrogens with zero attached hydrogens (tertiary/aromatic N) is 3. The van der Waals surface area contributed by atoms with Crippen molar-refractivity contribution in [3.05, 3.63) is 48.0 Å². The number of anilines is 3. The minimum atomic E-state index is -3.86. The lowest BCUT2D eigenvalue weighted by atomic mass is 10.1. The van der Waals surface area contributed by atoms with Crippen molar-refractivity contribution < 1.29 is 28.2 Å². The van der Waals surface area contributed by atoms with Crippen LogP contribution in [0.1, 0.15) is 24.8 Å². The van der Waals surface area contributed by atoms with Gasteiger partial charge in [0.2, 0.25) is 15.9 Å². The highest BCUT2D eigenvalue weighted by molar-refractivity contribution is 7.93. The van der Waals surface area contributed by atoms with Crippen molar-refractivity contribution in [2.45, 2.75) is 30.9 Å². The number of phenolic OH excluding ortho intramolecular Hbond substituents is 1. The number of aromatic hydroxyl groups is 1. The summed E-state index contributed by atoms with van der Waals surface area (Å²) < 4.78 is 34.2. The van der Waals surface area contributed by atoms with E-state index in [0.717, 1.165) is 5.56 Å². The lowest BCUT2D eigenvalue weighted by Gasteiger charge is -2.31. The molecule has 4 rings (SSSR count). The molecule has 0 atom stereocenters. The maximum Gasteiger partial charge on any atom is 0.248 e. The number of nitrogens with one attached hydrogen (secondary N) is 2. The fraction of sp³-hybridized carbons (Fsp3) is 0.400. The molecule has 3 aromatic rings. The van der Waals surface area contributed by atoms with E-state index in [-0.39, 0.29) is 49.3 Å². The quantitative estimate of drug-likeness (QED) is 0.310. The predicted octanol–water partition coefficient (Wildman–Crippen LogP) is 2.38. The molecule has 1 fully saturated rings. The molecule has 1 saturated heterocycles. The summed E-state index contributed by atoms with van der Waals surface area (Å²) in [5.74, 6) is 0.0843. The van der Waals surface area contributed by atoms with Gasteiger partial charge in [0.25, 0.3) is 0 Å². The number of hydrogen-bond donors (Lipinski definition) is 4. The second-order valence-electron chi connectivity index (χ2n) is 8.86. The Bertz CT molecular complexity index is 1360. The fourth-order valence-electron chi connectivity index (χ4n) is 4.30. The molecule has 11 nitrogen and oxygen atoms in total. The van der Waals surface area contributed by atoms with E-state index < -0.39 is 15.3 Å². The van der Waals surface area contributed by atoms with E-state index in [2.05, 4.69) is 20.0 Å². The second kappa shape index (κ2) is 11.7. The monoisotopic (exact) mass is 529 g/mol. The number of aryl methyl sites for hydroxylation is 1. The number of aliphatic hydroxyl groups is 1. The second-order valence-corrected chi connectivity index (χ2v) is 10.8. The zero-order valence-electron chi connectivity index (χ0n) is 20.6. The molecule has 0 aliphatic carbocycles. The van der Waals surface area contributed by atoms with E-state index >= 15 is 0 Å². The number of rotatable bonds is 10. The van der Waals surface area contributed by atoms with Gasteiger partial charge in [0.15, 0.2) is 11.6 Å².